The van der Waals surface area contributed by atoms with Crippen LogP contribution >= 0.6 is 0 Å². The third-order valence-electron chi connectivity index (χ3n) is 4.49. The highest BCUT2D eigenvalue weighted by Crippen LogP contribution is 2.15. The van der Waals surface area contributed by atoms with E-state index in [-0.39, 0.29) is 11.8 Å². The summed E-state index contributed by atoms with van der Waals surface area (Å²) in [7, 11) is 1.60. The molecule has 25 heavy (non-hydrogen) atoms. The molecule has 3 rings (SSSR count). The molecular formula is C20H22N2O3. The van der Waals surface area contributed by atoms with Crippen molar-refractivity contribution in [2.24, 2.45) is 0 Å². The van der Waals surface area contributed by atoms with Crippen molar-refractivity contribution >= 4 is 11.8 Å². The van der Waals surface area contributed by atoms with Gasteiger partial charge >= 0.3 is 0 Å². The number of hydrogen-bond acceptors (Lipinski definition) is 3. The lowest BCUT2D eigenvalue weighted by atomic mass is 10.1. The molecule has 2 amide bonds. The number of carbonyl (C=O) groups excluding carboxylic acids is 2. The van der Waals surface area contributed by atoms with Gasteiger partial charge in [0.05, 0.1) is 7.11 Å². The maximum Gasteiger partial charge on any atom is 0.253 e. The van der Waals surface area contributed by atoms with Crippen LogP contribution in [0.1, 0.15) is 26.3 Å². The van der Waals surface area contributed by atoms with Crippen molar-refractivity contribution in [1.29, 1.82) is 0 Å². The van der Waals surface area contributed by atoms with Gasteiger partial charge in [-0.15, -0.1) is 0 Å². The summed E-state index contributed by atoms with van der Waals surface area (Å²) in [5.41, 5.74) is 2.46. The topological polar surface area (TPSA) is 49.9 Å². The number of carbonyl (C=O) groups is 2. The van der Waals surface area contributed by atoms with Crippen LogP contribution in [0.25, 0.3) is 0 Å². The molecule has 0 unspecified atom stereocenters. The molecule has 1 aliphatic rings. The van der Waals surface area contributed by atoms with Gasteiger partial charge in [-0.1, -0.05) is 17.7 Å². The highest BCUT2D eigenvalue weighted by Gasteiger charge is 2.25. The SMILES string of the molecule is COc1ccc(C(=O)N2CCN(C(=O)c3ccc(C)cc3)CC2)cc1. The quantitative estimate of drug-likeness (QED) is 0.864. The number of ether oxygens (including phenoxy) is 1. The molecule has 5 nitrogen and oxygen atoms in total. The minimum atomic E-state index is -0.00918. The summed E-state index contributed by atoms with van der Waals surface area (Å²) >= 11 is 0. The highest BCUT2D eigenvalue weighted by atomic mass is 16.5. The molecule has 1 fully saturated rings. The lowest BCUT2D eigenvalue weighted by molar-refractivity contribution is 0.0535. The zero-order valence-electron chi connectivity index (χ0n) is 14.6. The third-order valence-corrected chi connectivity index (χ3v) is 4.49. The molecule has 0 aromatic heterocycles. The molecule has 1 heterocycles. The Labute approximate surface area is 147 Å². The first-order chi connectivity index (χ1) is 12.1. The van der Waals surface area contributed by atoms with E-state index < -0.39 is 0 Å². The molecule has 0 radical (unpaired) electrons. The van der Waals surface area contributed by atoms with Crippen LogP contribution in [0.5, 0.6) is 5.75 Å². The van der Waals surface area contributed by atoms with Gasteiger partial charge in [-0.2, -0.15) is 0 Å². The number of benzene rings is 2. The van der Waals surface area contributed by atoms with E-state index in [0.29, 0.717) is 37.3 Å². The van der Waals surface area contributed by atoms with Crippen molar-refractivity contribution < 1.29 is 14.3 Å². The van der Waals surface area contributed by atoms with Gasteiger partial charge in [0, 0.05) is 37.3 Å². The molecule has 2 aromatic rings. The number of nitrogens with zero attached hydrogens (tertiary/aromatic N) is 2. The van der Waals surface area contributed by atoms with Gasteiger partial charge in [0.2, 0.25) is 0 Å². The fourth-order valence-corrected chi connectivity index (χ4v) is 2.91. The molecular weight excluding hydrogens is 316 g/mol. The molecule has 0 aliphatic carbocycles. The Bertz CT molecular complexity index is 746. The minimum absolute atomic E-state index is 0.00918. The number of aryl methyl sites for hydroxylation is 1. The number of piperazine rings is 1. The van der Waals surface area contributed by atoms with E-state index in [0.717, 1.165) is 11.3 Å². The predicted octanol–water partition coefficient (Wildman–Crippen LogP) is 2.60. The Morgan fingerprint density at radius 1 is 0.760 bits per heavy atom. The van der Waals surface area contributed by atoms with Gasteiger partial charge < -0.3 is 14.5 Å². The van der Waals surface area contributed by atoms with Crippen LogP contribution in [0, 0.1) is 6.92 Å². The van der Waals surface area contributed by atoms with Crippen LogP contribution < -0.4 is 4.74 Å². The lowest BCUT2D eigenvalue weighted by Crippen LogP contribution is -2.50. The van der Waals surface area contributed by atoms with Crippen LogP contribution in [0.3, 0.4) is 0 Å². The fourth-order valence-electron chi connectivity index (χ4n) is 2.91. The summed E-state index contributed by atoms with van der Waals surface area (Å²) in [6.07, 6.45) is 0. The summed E-state index contributed by atoms with van der Waals surface area (Å²) in [4.78, 5) is 28.7. The second-order valence-electron chi connectivity index (χ2n) is 6.18. The molecule has 1 saturated heterocycles. The second kappa shape index (κ2) is 7.38. The monoisotopic (exact) mass is 338 g/mol. The molecule has 1 aliphatic heterocycles. The Hall–Kier alpha value is -2.82. The lowest BCUT2D eigenvalue weighted by Gasteiger charge is -2.35. The number of rotatable bonds is 3. The fraction of sp³-hybridized carbons (Fsp3) is 0.300. The van der Waals surface area contributed by atoms with Crippen molar-refractivity contribution in [3.8, 4) is 5.75 Å². The number of amides is 2. The summed E-state index contributed by atoms with van der Waals surface area (Å²) in [6.45, 7) is 4.19. The molecule has 0 spiro atoms. The summed E-state index contributed by atoms with van der Waals surface area (Å²) < 4.78 is 5.12. The number of methoxy groups -OCH3 is 1. The standard InChI is InChI=1S/C20H22N2O3/c1-15-3-5-16(6-4-15)19(23)21-11-13-22(14-12-21)20(24)17-7-9-18(25-2)10-8-17/h3-10H,11-14H2,1-2H3. The maximum absolute atomic E-state index is 12.6. The highest BCUT2D eigenvalue weighted by molar-refractivity contribution is 5.96. The first-order valence-electron chi connectivity index (χ1n) is 8.38. The van der Waals surface area contributed by atoms with Crippen molar-refractivity contribution in [1.82, 2.24) is 9.80 Å². The van der Waals surface area contributed by atoms with Gasteiger partial charge in [-0.3, -0.25) is 9.59 Å². The summed E-state index contributed by atoms with van der Waals surface area (Å²) in [6, 6.07) is 14.7. The first kappa shape index (κ1) is 17.0. The normalized spacial score (nSPS) is 14.3. The van der Waals surface area contributed by atoms with E-state index in [1.807, 2.05) is 36.1 Å². The minimum Gasteiger partial charge on any atom is -0.497 e. The zero-order chi connectivity index (χ0) is 17.8. The van der Waals surface area contributed by atoms with Crippen LogP contribution in [0.4, 0.5) is 0 Å². The summed E-state index contributed by atoms with van der Waals surface area (Å²) in [5.74, 6) is 0.742. The Morgan fingerprint density at radius 3 is 1.56 bits per heavy atom. The molecule has 5 heteroatoms. The van der Waals surface area contributed by atoms with Crippen LogP contribution in [0.2, 0.25) is 0 Å². The van der Waals surface area contributed by atoms with Crippen molar-refractivity contribution in [3.05, 3.63) is 65.2 Å². The predicted molar refractivity (Wildman–Crippen MR) is 96.0 cm³/mol. The van der Waals surface area contributed by atoms with Gasteiger partial charge in [0.25, 0.3) is 11.8 Å². The van der Waals surface area contributed by atoms with Crippen LogP contribution in [-0.4, -0.2) is 54.9 Å². The Morgan fingerprint density at radius 2 is 1.16 bits per heavy atom. The van der Waals surface area contributed by atoms with Crippen molar-refractivity contribution in [2.75, 3.05) is 33.3 Å². The van der Waals surface area contributed by atoms with Crippen molar-refractivity contribution in [3.63, 3.8) is 0 Å². The molecule has 0 bridgehead atoms. The van der Waals surface area contributed by atoms with Gasteiger partial charge in [0.1, 0.15) is 5.75 Å². The maximum atomic E-state index is 12.6. The first-order valence-corrected chi connectivity index (χ1v) is 8.38. The molecule has 0 saturated carbocycles. The zero-order valence-corrected chi connectivity index (χ0v) is 14.6. The number of hydrogen-bond donors (Lipinski definition) is 0. The summed E-state index contributed by atoms with van der Waals surface area (Å²) in [5, 5.41) is 0. The molecule has 0 atom stereocenters. The van der Waals surface area contributed by atoms with E-state index in [9.17, 15) is 9.59 Å². The second-order valence-corrected chi connectivity index (χ2v) is 6.18. The molecule has 0 N–H and O–H groups in total. The molecule has 2 aromatic carbocycles. The van der Waals surface area contributed by atoms with E-state index in [2.05, 4.69) is 0 Å². The van der Waals surface area contributed by atoms with E-state index in [1.54, 1.807) is 36.3 Å². The molecule has 130 valence electrons. The average molecular weight is 338 g/mol. The largest absolute Gasteiger partial charge is 0.497 e. The van der Waals surface area contributed by atoms with E-state index in [1.165, 1.54) is 0 Å². The van der Waals surface area contributed by atoms with Gasteiger partial charge in [-0.25, -0.2) is 0 Å². The average Bonchev–Trinajstić information content (AvgIpc) is 2.67. The van der Waals surface area contributed by atoms with E-state index >= 15 is 0 Å². The van der Waals surface area contributed by atoms with Crippen molar-refractivity contribution in [2.45, 2.75) is 6.92 Å². The van der Waals surface area contributed by atoms with Gasteiger partial charge in [0.15, 0.2) is 0 Å². The Kier molecular flexibility index (Phi) is 5.03. The smallest absolute Gasteiger partial charge is 0.253 e. The van der Waals surface area contributed by atoms with Crippen LogP contribution in [-0.2, 0) is 0 Å². The van der Waals surface area contributed by atoms with E-state index in [4.69, 9.17) is 4.74 Å². The Balaban J connectivity index is 1.60. The van der Waals surface area contributed by atoms with Gasteiger partial charge in [-0.05, 0) is 43.3 Å². The van der Waals surface area contributed by atoms with Crippen LogP contribution in [0.15, 0.2) is 48.5 Å². The third kappa shape index (κ3) is 3.82.